The first-order chi connectivity index (χ1) is 10.6. The zero-order valence-electron chi connectivity index (χ0n) is 13.0. The molecule has 0 bridgehead atoms. The van der Waals surface area contributed by atoms with Crippen LogP contribution in [0.25, 0.3) is 11.3 Å². The van der Waals surface area contributed by atoms with E-state index in [0.717, 1.165) is 42.1 Å². The Morgan fingerprint density at radius 2 is 2.09 bits per heavy atom. The molecule has 0 spiro atoms. The van der Waals surface area contributed by atoms with Gasteiger partial charge in [0.15, 0.2) is 0 Å². The zero-order valence-corrected chi connectivity index (χ0v) is 13.0. The van der Waals surface area contributed by atoms with Crippen molar-refractivity contribution in [2.45, 2.75) is 25.8 Å². The van der Waals surface area contributed by atoms with Gasteiger partial charge in [0.25, 0.3) is 0 Å². The van der Waals surface area contributed by atoms with Crippen molar-refractivity contribution in [1.29, 1.82) is 0 Å². The summed E-state index contributed by atoms with van der Waals surface area (Å²) in [5.41, 5.74) is 2.55. The van der Waals surface area contributed by atoms with Gasteiger partial charge >= 0.3 is 0 Å². The molecule has 2 aromatic rings. The molecule has 0 amide bonds. The highest BCUT2D eigenvalue weighted by atomic mass is 19.1. The highest BCUT2D eigenvalue weighted by Gasteiger charge is 2.17. The van der Waals surface area contributed by atoms with E-state index >= 15 is 0 Å². The number of rotatable bonds is 3. The van der Waals surface area contributed by atoms with E-state index in [1.54, 1.807) is 6.07 Å². The third kappa shape index (κ3) is 3.42. The number of hydrogen-bond acceptors (Lipinski definition) is 4. The molecule has 1 aliphatic rings. The zero-order chi connectivity index (χ0) is 15.5. The van der Waals surface area contributed by atoms with Gasteiger partial charge in [-0.25, -0.2) is 4.39 Å². The van der Waals surface area contributed by atoms with E-state index in [-0.39, 0.29) is 5.82 Å². The molecular weight excluding hydrogens is 279 g/mol. The highest BCUT2D eigenvalue weighted by Crippen LogP contribution is 2.22. The SMILES string of the molecule is Cc1cc(F)ccc1-c1ccc(N[C@@H]2CCCN(C)C2)nn1. The van der Waals surface area contributed by atoms with Gasteiger partial charge in [-0.2, -0.15) is 0 Å². The molecule has 0 radical (unpaired) electrons. The molecule has 3 rings (SSSR count). The van der Waals surface area contributed by atoms with E-state index < -0.39 is 0 Å². The Kier molecular flexibility index (Phi) is 4.34. The lowest BCUT2D eigenvalue weighted by atomic mass is 10.1. The minimum atomic E-state index is -0.228. The molecule has 22 heavy (non-hydrogen) atoms. The van der Waals surface area contributed by atoms with Crippen LogP contribution in [0.4, 0.5) is 10.2 Å². The quantitative estimate of drug-likeness (QED) is 0.945. The number of piperidine rings is 1. The third-order valence-corrected chi connectivity index (χ3v) is 4.11. The summed E-state index contributed by atoms with van der Waals surface area (Å²) in [6, 6.07) is 9.01. The molecule has 5 heteroatoms. The Bertz CT molecular complexity index is 642. The predicted octanol–water partition coefficient (Wildman–Crippen LogP) is 3.10. The van der Waals surface area contributed by atoms with Crippen LogP contribution in [-0.4, -0.2) is 41.3 Å². The van der Waals surface area contributed by atoms with Crippen molar-refractivity contribution in [2.24, 2.45) is 0 Å². The van der Waals surface area contributed by atoms with Crippen LogP contribution < -0.4 is 5.32 Å². The average molecular weight is 300 g/mol. The smallest absolute Gasteiger partial charge is 0.148 e. The summed E-state index contributed by atoms with van der Waals surface area (Å²) in [4.78, 5) is 2.32. The monoisotopic (exact) mass is 300 g/mol. The van der Waals surface area contributed by atoms with Gasteiger partial charge in [0.2, 0.25) is 0 Å². The molecule has 116 valence electrons. The summed E-state index contributed by atoms with van der Waals surface area (Å²) in [6.07, 6.45) is 2.36. The molecule has 1 fully saturated rings. The summed E-state index contributed by atoms with van der Waals surface area (Å²) in [5, 5.41) is 12.0. The average Bonchev–Trinajstić information content (AvgIpc) is 2.48. The number of likely N-dealkylation sites (N-methyl/N-ethyl adjacent to an activating group) is 1. The van der Waals surface area contributed by atoms with Gasteiger partial charge in [-0.3, -0.25) is 0 Å². The first-order valence-corrected chi connectivity index (χ1v) is 7.67. The Labute approximate surface area is 130 Å². The van der Waals surface area contributed by atoms with Gasteiger partial charge < -0.3 is 10.2 Å². The number of nitrogens with zero attached hydrogens (tertiary/aromatic N) is 3. The van der Waals surface area contributed by atoms with Crippen LogP contribution in [0.15, 0.2) is 30.3 Å². The number of benzene rings is 1. The minimum Gasteiger partial charge on any atom is -0.365 e. The largest absolute Gasteiger partial charge is 0.365 e. The number of hydrogen-bond donors (Lipinski definition) is 1. The van der Waals surface area contributed by atoms with Crippen molar-refractivity contribution in [1.82, 2.24) is 15.1 Å². The molecular formula is C17H21FN4. The van der Waals surface area contributed by atoms with Gasteiger partial charge in [-0.1, -0.05) is 0 Å². The number of nitrogens with one attached hydrogen (secondary N) is 1. The minimum absolute atomic E-state index is 0.228. The van der Waals surface area contributed by atoms with Crippen LogP contribution in [0.5, 0.6) is 0 Å². The van der Waals surface area contributed by atoms with E-state index in [4.69, 9.17) is 0 Å². The van der Waals surface area contributed by atoms with Crippen molar-refractivity contribution >= 4 is 5.82 Å². The number of halogens is 1. The standard InChI is InChI=1S/C17H21FN4/c1-12-10-13(18)5-6-15(12)16-7-8-17(21-20-16)19-14-4-3-9-22(2)11-14/h5-8,10,14H,3-4,9,11H2,1-2H3,(H,19,21)/t14-/m1/s1. The Morgan fingerprint density at radius 3 is 2.77 bits per heavy atom. The molecule has 1 aromatic carbocycles. The van der Waals surface area contributed by atoms with Crippen LogP contribution in [0, 0.1) is 12.7 Å². The maximum Gasteiger partial charge on any atom is 0.148 e. The number of anilines is 1. The van der Waals surface area contributed by atoms with E-state index in [0.29, 0.717) is 6.04 Å². The number of likely N-dealkylation sites (tertiary alicyclic amines) is 1. The lowest BCUT2D eigenvalue weighted by Gasteiger charge is -2.30. The third-order valence-electron chi connectivity index (χ3n) is 4.11. The lowest BCUT2D eigenvalue weighted by molar-refractivity contribution is 0.260. The Hall–Kier alpha value is -2.01. The van der Waals surface area contributed by atoms with Crippen molar-refractivity contribution in [3.63, 3.8) is 0 Å². The van der Waals surface area contributed by atoms with Crippen molar-refractivity contribution in [3.8, 4) is 11.3 Å². The molecule has 1 aromatic heterocycles. The van der Waals surface area contributed by atoms with Crippen LogP contribution in [0.2, 0.25) is 0 Å². The van der Waals surface area contributed by atoms with E-state index in [1.165, 1.54) is 18.6 Å². The van der Waals surface area contributed by atoms with Crippen LogP contribution in [-0.2, 0) is 0 Å². The maximum atomic E-state index is 13.2. The lowest BCUT2D eigenvalue weighted by Crippen LogP contribution is -2.39. The molecule has 1 atom stereocenters. The van der Waals surface area contributed by atoms with Crippen LogP contribution >= 0.6 is 0 Å². The van der Waals surface area contributed by atoms with E-state index in [2.05, 4.69) is 27.5 Å². The molecule has 0 aliphatic carbocycles. The summed E-state index contributed by atoms with van der Waals surface area (Å²) in [6.45, 7) is 4.07. The second-order valence-corrected chi connectivity index (χ2v) is 6.01. The molecule has 1 saturated heterocycles. The van der Waals surface area contributed by atoms with Gasteiger partial charge in [-0.05, 0) is 69.3 Å². The van der Waals surface area contributed by atoms with Gasteiger partial charge in [0, 0.05) is 18.2 Å². The molecule has 0 saturated carbocycles. The van der Waals surface area contributed by atoms with E-state index in [1.807, 2.05) is 19.1 Å². The highest BCUT2D eigenvalue weighted by molar-refractivity contribution is 5.63. The summed E-state index contributed by atoms with van der Waals surface area (Å²) in [7, 11) is 2.14. The summed E-state index contributed by atoms with van der Waals surface area (Å²) >= 11 is 0. The van der Waals surface area contributed by atoms with Crippen LogP contribution in [0.1, 0.15) is 18.4 Å². The predicted molar refractivity (Wildman–Crippen MR) is 86.3 cm³/mol. The molecule has 4 nitrogen and oxygen atoms in total. The Balaban J connectivity index is 1.72. The summed E-state index contributed by atoms with van der Waals surface area (Å²) in [5.74, 6) is 0.567. The normalized spacial score (nSPS) is 19.1. The molecule has 0 unspecified atom stereocenters. The van der Waals surface area contributed by atoms with Crippen molar-refractivity contribution in [2.75, 3.05) is 25.5 Å². The van der Waals surface area contributed by atoms with Gasteiger partial charge in [-0.15, -0.1) is 10.2 Å². The topological polar surface area (TPSA) is 41.0 Å². The van der Waals surface area contributed by atoms with Gasteiger partial charge in [0.05, 0.1) is 5.69 Å². The van der Waals surface area contributed by atoms with Gasteiger partial charge in [0.1, 0.15) is 11.6 Å². The van der Waals surface area contributed by atoms with Crippen LogP contribution in [0.3, 0.4) is 0 Å². The van der Waals surface area contributed by atoms with Crippen molar-refractivity contribution < 1.29 is 4.39 Å². The second-order valence-electron chi connectivity index (χ2n) is 6.01. The number of aromatic nitrogens is 2. The first-order valence-electron chi connectivity index (χ1n) is 7.67. The summed E-state index contributed by atoms with van der Waals surface area (Å²) < 4.78 is 13.2. The molecule has 1 aliphatic heterocycles. The Morgan fingerprint density at radius 1 is 1.23 bits per heavy atom. The molecule has 2 heterocycles. The number of aryl methyl sites for hydroxylation is 1. The second kappa shape index (κ2) is 6.40. The first kappa shape index (κ1) is 14.9. The fourth-order valence-corrected chi connectivity index (χ4v) is 2.96. The fraction of sp³-hybridized carbons (Fsp3) is 0.412. The molecule has 1 N–H and O–H groups in total. The fourth-order valence-electron chi connectivity index (χ4n) is 2.96. The maximum absolute atomic E-state index is 13.2. The van der Waals surface area contributed by atoms with E-state index in [9.17, 15) is 4.39 Å². The van der Waals surface area contributed by atoms with Crippen molar-refractivity contribution in [3.05, 3.63) is 41.7 Å².